The predicted molar refractivity (Wildman–Crippen MR) is 87.2 cm³/mol. The molecule has 1 aromatic heterocycles. The van der Waals surface area contributed by atoms with E-state index < -0.39 is 0 Å². The van der Waals surface area contributed by atoms with E-state index in [1.54, 1.807) is 0 Å². The lowest BCUT2D eigenvalue weighted by Crippen LogP contribution is -2.55. The Morgan fingerprint density at radius 1 is 1.14 bits per heavy atom. The zero-order valence-electron chi connectivity index (χ0n) is 13.3. The Balaban J connectivity index is 1.82. The number of hydrogen-bond acceptors (Lipinski definition) is 4. The van der Waals surface area contributed by atoms with Crippen molar-refractivity contribution in [3.05, 3.63) is 17.0 Å². The highest BCUT2D eigenvalue weighted by Crippen LogP contribution is 2.27. The summed E-state index contributed by atoms with van der Waals surface area (Å²) >= 11 is 6.22. The number of piperazine rings is 1. The van der Waals surface area contributed by atoms with Crippen LogP contribution in [0.3, 0.4) is 0 Å². The van der Waals surface area contributed by atoms with Crippen LogP contribution in [0.15, 0.2) is 6.07 Å². The first kappa shape index (κ1) is 15.0. The molecule has 0 bridgehead atoms. The Labute approximate surface area is 132 Å². The summed E-state index contributed by atoms with van der Waals surface area (Å²) in [5, 5.41) is 0.552. The minimum absolute atomic E-state index is 0.0771. The molecule has 0 radical (unpaired) electrons. The number of rotatable bonds is 1. The molecular formula is C16H25ClN4. The van der Waals surface area contributed by atoms with E-state index in [1.807, 2.05) is 6.07 Å². The van der Waals surface area contributed by atoms with Crippen molar-refractivity contribution in [1.29, 1.82) is 0 Å². The second kappa shape index (κ2) is 5.73. The van der Waals surface area contributed by atoms with Crippen molar-refractivity contribution in [3.63, 3.8) is 0 Å². The maximum atomic E-state index is 6.22. The Kier molecular flexibility index (Phi) is 4.10. The molecule has 1 atom stereocenters. The normalized spacial score (nSPS) is 24.0. The molecule has 0 saturated carbocycles. The van der Waals surface area contributed by atoms with Crippen LogP contribution in [0.1, 0.15) is 45.9 Å². The average Bonchev–Trinajstić information content (AvgIpc) is 2.45. The molecule has 2 aliphatic heterocycles. The lowest BCUT2D eigenvalue weighted by Gasteiger charge is -2.44. The van der Waals surface area contributed by atoms with Gasteiger partial charge in [-0.25, -0.2) is 9.97 Å². The summed E-state index contributed by atoms with van der Waals surface area (Å²) in [5.41, 5.74) is -0.0771. The molecule has 2 saturated heterocycles. The van der Waals surface area contributed by atoms with Crippen LogP contribution in [-0.2, 0) is 5.41 Å². The average molecular weight is 309 g/mol. The van der Waals surface area contributed by atoms with Gasteiger partial charge in [0.15, 0.2) is 0 Å². The van der Waals surface area contributed by atoms with Gasteiger partial charge in [0.2, 0.25) is 0 Å². The van der Waals surface area contributed by atoms with Crippen LogP contribution in [-0.4, -0.2) is 47.1 Å². The first-order valence-corrected chi connectivity index (χ1v) is 8.35. The lowest BCUT2D eigenvalue weighted by molar-refractivity contribution is 0.133. The molecule has 116 valence electrons. The first-order chi connectivity index (χ1) is 9.93. The third kappa shape index (κ3) is 3.32. The number of halogens is 1. The summed E-state index contributed by atoms with van der Waals surface area (Å²) in [4.78, 5) is 14.2. The molecule has 1 unspecified atom stereocenters. The Bertz CT molecular complexity index is 511. The van der Waals surface area contributed by atoms with Gasteiger partial charge in [0.05, 0.1) is 0 Å². The molecule has 0 spiro atoms. The molecule has 0 aromatic carbocycles. The van der Waals surface area contributed by atoms with Crippen molar-refractivity contribution in [2.75, 3.05) is 31.1 Å². The van der Waals surface area contributed by atoms with Crippen LogP contribution in [0.25, 0.3) is 0 Å². The van der Waals surface area contributed by atoms with Crippen LogP contribution in [0, 0.1) is 0 Å². The summed E-state index contributed by atoms with van der Waals surface area (Å²) in [6.07, 6.45) is 4.01. The van der Waals surface area contributed by atoms with Gasteiger partial charge >= 0.3 is 0 Å². The van der Waals surface area contributed by atoms with Crippen molar-refractivity contribution in [3.8, 4) is 0 Å². The SMILES string of the molecule is CC(C)(C)c1nc(Cl)cc(N2CCN3CCCCC3C2)n1. The van der Waals surface area contributed by atoms with Crippen LogP contribution in [0.4, 0.5) is 5.82 Å². The highest BCUT2D eigenvalue weighted by molar-refractivity contribution is 6.29. The van der Waals surface area contributed by atoms with Crippen molar-refractivity contribution >= 4 is 17.4 Å². The van der Waals surface area contributed by atoms with Crippen LogP contribution in [0.5, 0.6) is 0 Å². The summed E-state index contributed by atoms with van der Waals surface area (Å²) in [6, 6.07) is 2.59. The maximum absolute atomic E-state index is 6.22. The van der Waals surface area contributed by atoms with Gasteiger partial charge in [-0.2, -0.15) is 0 Å². The molecule has 2 fully saturated rings. The van der Waals surface area contributed by atoms with Gasteiger partial charge in [-0.05, 0) is 19.4 Å². The van der Waals surface area contributed by atoms with Gasteiger partial charge < -0.3 is 4.90 Å². The zero-order valence-corrected chi connectivity index (χ0v) is 14.0. The van der Waals surface area contributed by atoms with Crippen molar-refractivity contribution < 1.29 is 0 Å². The second-order valence-corrected chi connectivity index (χ2v) is 7.64. The molecule has 4 nitrogen and oxygen atoms in total. The minimum Gasteiger partial charge on any atom is -0.354 e. The molecule has 0 N–H and O–H groups in total. The monoisotopic (exact) mass is 308 g/mol. The second-order valence-electron chi connectivity index (χ2n) is 7.25. The number of piperidine rings is 1. The fourth-order valence-corrected chi connectivity index (χ4v) is 3.44. The van der Waals surface area contributed by atoms with Crippen molar-refractivity contribution in [1.82, 2.24) is 14.9 Å². The van der Waals surface area contributed by atoms with Gasteiger partial charge in [-0.15, -0.1) is 0 Å². The summed E-state index contributed by atoms with van der Waals surface area (Å²) in [6.45, 7) is 10.9. The number of fused-ring (bicyclic) bond motifs is 1. The summed E-state index contributed by atoms with van der Waals surface area (Å²) in [7, 11) is 0. The topological polar surface area (TPSA) is 32.3 Å². The summed E-state index contributed by atoms with van der Waals surface area (Å²) in [5.74, 6) is 1.82. The van der Waals surface area contributed by atoms with E-state index in [0.717, 1.165) is 31.3 Å². The van der Waals surface area contributed by atoms with E-state index in [-0.39, 0.29) is 5.41 Å². The largest absolute Gasteiger partial charge is 0.354 e. The first-order valence-electron chi connectivity index (χ1n) is 7.97. The van der Waals surface area contributed by atoms with E-state index in [0.29, 0.717) is 11.2 Å². The minimum atomic E-state index is -0.0771. The van der Waals surface area contributed by atoms with E-state index >= 15 is 0 Å². The Morgan fingerprint density at radius 2 is 1.95 bits per heavy atom. The standard InChI is InChI=1S/C16H25ClN4/c1-16(2,3)15-18-13(17)10-14(19-15)21-9-8-20-7-5-4-6-12(20)11-21/h10,12H,4-9,11H2,1-3H3. The van der Waals surface area contributed by atoms with Crippen molar-refractivity contribution in [2.45, 2.75) is 51.5 Å². The molecule has 5 heteroatoms. The summed E-state index contributed by atoms with van der Waals surface area (Å²) < 4.78 is 0. The number of nitrogens with zero attached hydrogens (tertiary/aromatic N) is 4. The number of anilines is 1. The Hall–Kier alpha value is -0.870. The van der Waals surface area contributed by atoms with Gasteiger partial charge in [-0.1, -0.05) is 38.8 Å². The van der Waals surface area contributed by atoms with Crippen LogP contribution < -0.4 is 4.90 Å². The molecule has 3 rings (SSSR count). The fourth-order valence-electron chi connectivity index (χ4n) is 3.27. The lowest BCUT2D eigenvalue weighted by atomic mass is 9.95. The fraction of sp³-hybridized carbons (Fsp3) is 0.750. The highest BCUT2D eigenvalue weighted by Gasteiger charge is 2.30. The van der Waals surface area contributed by atoms with E-state index in [9.17, 15) is 0 Å². The van der Waals surface area contributed by atoms with Crippen molar-refractivity contribution in [2.24, 2.45) is 0 Å². The van der Waals surface area contributed by atoms with Crippen LogP contribution in [0.2, 0.25) is 5.15 Å². The molecule has 1 aromatic rings. The van der Waals surface area contributed by atoms with E-state index in [1.165, 1.54) is 25.8 Å². The van der Waals surface area contributed by atoms with E-state index in [4.69, 9.17) is 16.6 Å². The quantitative estimate of drug-likeness (QED) is 0.746. The number of hydrogen-bond donors (Lipinski definition) is 0. The molecule has 0 amide bonds. The highest BCUT2D eigenvalue weighted by atomic mass is 35.5. The van der Waals surface area contributed by atoms with Gasteiger partial charge in [0, 0.05) is 37.2 Å². The molecular weight excluding hydrogens is 284 g/mol. The third-order valence-corrected chi connectivity index (χ3v) is 4.71. The third-order valence-electron chi connectivity index (χ3n) is 4.51. The van der Waals surface area contributed by atoms with Gasteiger partial charge in [-0.3, -0.25) is 4.90 Å². The molecule has 3 heterocycles. The number of aromatic nitrogens is 2. The smallest absolute Gasteiger partial charge is 0.137 e. The van der Waals surface area contributed by atoms with Gasteiger partial charge in [0.1, 0.15) is 16.8 Å². The maximum Gasteiger partial charge on any atom is 0.137 e. The molecule has 0 aliphatic carbocycles. The molecule has 21 heavy (non-hydrogen) atoms. The van der Waals surface area contributed by atoms with Gasteiger partial charge in [0.25, 0.3) is 0 Å². The zero-order chi connectivity index (χ0) is 15.0. The predicted octanol–water partition coefficient (Wildman–Crippen LogP) is 3.10. The van der Waals surface area contributed by atoms with E-state index in [2.05, 4.69) is 35.6 Å². The van der Waals surface area contributed by atoms with Crippen LogP contribution >= 0.6 is 11.6 Å². The molecule has 2 aliphatic rings. The Morgan fingerprint density at radius 3 is 2.71 bits per heavy atom.